The number of non-ortho nitro benzene ring substituents is 1. The van der Waals surface area contributed by atoms with Crippen molar-refractivity contribution < 1.29 is 19.2 Å². The van der Waals surface area contributed by atoms with Gasteiger partial charge in [-0.1, -0.05) is 24.3 Å². The summed E-state index contributed by atoms with van der Waals surface area (Å²) in [5, 5.41) is 15.9. The molecule has 1 aliphatic heterocycles. The summed E-state index contributed by atoms with van der Waals surface area (Å²) < 4.78 is 5.32. The van der Waals surface area contributed by atoms with E-state index < -0.39 is 16.7 Å². The molecule has 2 heterocycles. The Morgan fingerprint density at radius 3 is 2.79 bits per heavy atom. The van der Waals surface area contributed by atoms with Gasteiger partial charge in [-0.25, -0.2) is 0 Å². The van der Waals surface area contributed by atoms with Gasteiger partial charge in [-0.2, -0.15) is 0 Å². The van der Waals surface area contributed by atoms with Crippen LogP contribution in [0.25, 0.3) is 10.4 Å². The topological polar surface area (TPSA) is 102 Å². The number of ether oxygens (including phenoxy) is 1. The number of hydrogen-bond acceptors (Lipinski definition) is 6. The quantitative estimate of drug-likeness (QED) is 0.512. The first kappa shape index (κ1) is 18.6. The molecular weight excluding hydrogens is 394 g/mol. The first-order valence-corrected chi connectivity index (χ1v) is 9.55. The normalized spacial score (nSPS) is 12.8. The number of hydrogen-bond donors (Lipinski definition) is 1. The largest absolute Gasteiger partial charge is 0.482 e. The highest BCUT2D eigenvalue weighted by atomic mass is 32.1. The number of rotatable bonds is 5. The maximum absolute atomic E-state index is 12.7. The minimum atomic E-state index is -0.561. The monoisotopic (exact) mass is 409 g/mol. The fraction of sp³-hybridized carbons (Fsp3) is 0.100. The highest BCUT2D eigenvalue weighted by molar-refractivity contribution is 7.13. The molecule has 0 saturated carbocycles. The van der Waals surface area contributed by atoms with Crippen molar-refractivity contribution in [2.75, 3.05) is 23.4 Å². The Morgan fingerprint density at radius 1 is 1.21 bits per heavy atom. The molecule has 0 fully saturated rings. The third-order valence-electron chi connectivity index (χ3n) is 4.39. The summed E-state index contributed by atoms with van der Waals surface area (Å²) in [7, 11) is 0. The third kappa shape index (κ3) is 3.81. The number of benzene rings is 2. The Hall–Kier alpha value is -3.72. The van der Waals surface area contributed by atoms with Crippen LogP contribution in [0.5, 0.6) is 5.75 Å². The number of nitro groups is 1. The Bertz CT molecular complexity index is 1100. The lowest BCUT2D eigenvalue weighted by atomic mass is 10.1. The fourth-order valence-electron chi connectivity index (χ4n) is 3.05. The second kappa shape index (κ2) is 7.72. The summed E-state index contributed by atoms with van der Waals surface area (Å²) in [5.41, 5.74) is 1.52. The zero-order chi connectivity index (χ0) is 20.4. The molecule has 0 radical (unpaired) electrons. The van der Waals surface area contributed by atoms with E-state index in [1.807, 2.05) is 35.7 Å². The standard InChI is InChI=1S/C20H15N3O5S/c24-19(21-15-5-2-1-4-14(15)18-6-3-9-29-18)11-22-16-10-13(23(26)27)7-8-17(16)28-12-20(22)25/h1-10H,11-12H2,(H,21,24). The van der Waals surface area contributed by atoms with Crippen molar-refractivity contribution in [1.29, 1.82) is 0 Å². The van der Waals surface area contributed by atoms with Gasteiger partial charge >= 0.3 is 0 Å². The number of thiophene rings is 1. The van der Waals surface area contributed by atoms with Crippen LogP contribution in [0.3, 0.4) is 0 Å². The second-order valence-corrected chi connectivity index (χ2v) is 7.20. The van der Waals surface area contributed by atoms with Crippen LogP contribution < -0.4 is 15.0 Å². The zero-order valence-corrected chi connectivity index (χ0v) is 15.8. The molecule has 1 aliphatic rings. The number of nitrogens with zero attached hydrogens (tertiary/aromatic N) is 2. The Kier molecular flexibility index (Phi) is 4.96. The van der Waals surface area contributed by atoms with Gasteiger partial charge in [-0.15, -0.1) is 11.3 Å². The molecule has 29 heavy (non-hydrogen) atoms. The van der Waals surface area contributed by atoms with Gasteiger partial charge in [0.2, 0.25) is 5.91 Å². The smallest absolute Gasteiger partial charge is 0.271 e. The van der Waals surface area contributed by atoms with Crippen molar-refractivity contribution in [3.8, 4) is 16.2 Å². The highest BCUT2D eigenvalue weighted by Crippen LogP contribution is 2.35. The fourth-order valence-corrected chi connectivity index (χ4v) is 3.82. The van der Waals surface area contributed by atoms with Crippen molar-refractivity contribution in [1.82, 2.24) is 0 Å². The van der Waals surface area contributed by atoms with Gasteiger partial charge in [-0.05, 0) is 23.6 Å². The van der Waals surface area contributed by atoms with Crippen molar-refractivity contribution in [2.45, 2.75) is 0 Å². The molecule has 2 amide bonds. The predicted molar refractivity (Wildman–Crippen MR) is 109 cm³/mol. The number of para-hydroxylation sites is 1. The summed E-state index contributed by atoms with van der Waals surface area (Å²) >= 11 is 1.55. The van der Waals surface area contributed by atoms with E-state index in [1.165, 1.54) is 23.1 Å². The van der Waals surface area contributed by atoms with Crippen LogP contribution in [0, 0.1) is 10.1 Å². The molecule has 0 bridgehead atoms. The van der Waals surface area contributed by atoms with E-state index in [0.29, 0.717) is 11.4 Å². The first-order valence-electron chi connectivity index (χ1n) is 8.67. The van der Waals surface area contributed by atoms with Crippen molar-refractivity contribution in [2.24, 2.45) is 0 Å². The van der Waals surface area contributed by atoms with Crippen LogP contribution in [-0.2, 0) is 9.59 Å². The summed E-state index contributed by atoms with van der Waals surface area (Å²) in [6, 6.07) is 15.2. The Morgan fingerprint density at radius 2 is 2.03 bits per heavy atom. The molecular formula is C20H15N3O5S. The molecule has 9 heteroatoms. The molecule has 0 atom stereocenters. The summed E-state index contributed by atoms with van der Waals surface area (Å²) in [6.07, 6.45) is 0. The third-order valence-corrected chi connectivity index (χ3v) is 5.29. The minimum absolute atomic E-state index is 0.185. The lowest BCUT2D eigenvalue weighted by Gasteiger charge is -2.28. The molecule has 1 N–H and O–H groups in total. The molecule has 0 unspecified atom stereocenters. The highest BCUT2D eigenvalue weighted by Gasteiger charge is 2.29. The SMILES string of the molecule is O=C(CN1C(=O)COc2ccc([N+](=O)[O-])cc21)Nc1ccccc1-c1cccs1. The number of carbonyl (C=O) groups is 2. The molecule has 8 nitrogen and oxygen atoms in total. The molecule has 0 aliphatic carbocycles. The number of fused-ring (bicyclic) bond motifs is 1. The maximum Gasteiger partial charge on any atom is 0.271 e. The number of amides is 2. The van der Waals surface area contributed by atoms with Crippen LogP contribution in [0.4, 0.5) is 17.1 Å². The lowest BCUT2D eigenvalue weighted by molar-refractivity contribution is -0.384. The molecule has 4 rings (SSSR count). The van der Waals surface area contributed by atoms with Crippen molar-refractivity contribution in [3.63, 3.8) is 0 Å². The molecule has 1 aromatic heterocycles. The van der Waals surface area contributed by atoms with Crippen LogP contribution in [0.15, 0.2) is 60.0 Å². The number of carbonyl (C=O) groups excluding carboxylic acids is 2. The second-order valence-electron chi connectivity index (χ2n) is 6.25. The van der Waals surface area contributed by atoms with Gasteiger partial charge in [0.25, 0.3) is 11.6 Å². The van der Waals surface area contributed by atoms with Gasteiger partial charge in [0.15, 0.2) is 6.61 Å². The average Bonchev–Trinajstić information content (AvgIpc) is 3.25. The minimum Gasteiger partial charge on any atom is -0.482 e. The average molecular weight is 409 g/mol. The molecule has 0 saturated heterocycles. The van der Waals surface area contributed by atoms with E-state index in [2.05, 4.69) is 5.32 Å². The van der Waals surface area contributed by atoms with E-state index in [-0.39, 0.29) is 24.5 Å². The number of anilines is 2. The molecule has 3 aromatic rings. The molecule has 146 valence electrons. The van der Waals surface area contributed by atoms with E-state index >= 15 is 0 Å². The number of nitro benzene ring substituents is 1. The Labute approximate surface area is 169 Å². The summed E-state index contributed by atoms with van der Waals surface area (Å²) in [6.45, 7) is -0.515. The maximum atomic E-state index is 12.7. The molecule has 0 spiro atoms. The summed E-state index contributed by atoms with van der Waals surface area (Å²) in [4.78, 5) is 37.8. The van der Waals surface area contributed by atoms with E-state index in [4.69, 9.17) is 4.74 Å². The number of nitrogens with one attached hydrogen (secondary N) is 1. The van der Waals surface area contributed by atoms with Crippen LogP contribution in [0.2, 0.25) is 0 Å². The van der Waals surface area contributed by atoms with Gasteiger partial charge in [0.1, 0.15) is 12.3 Å². The van der Waals surface area contributed by atoms with Crippen molar-refractivity contribution >= 4 is 40.2 Å². The Balaban J connectivity index is 1.58. The first-order chi connectivity index (χ1) is 14.0. The van der Waals surface area contributed by atoms with Gasteiger partial charge in [-0.3, -0.25) is 24.6 Å². The van der Waals surface area contributed by atoms with Gasteiger partial charge in [0, 0.05) is 28.3 Å². The van der Waals surface area contributed by atoms with Gasteiger partial charge in [0.05, 0.1) is 10.6 Å². The van der Waals surface area contributed by atoms with Crippen molar-refractivity contribution in [3.05, 3.63) is 70.1 Å². The molecule has 2 aromatic carbocycles. The lowest BCUT2D eigenvalue weighted by Crippen LogP contribution is -2.43. The van der Waals surface area contributed by atoms with Crippen LogP contribution in [0.1, 0.15) is 0 Å². The van der Waals surface area contributed by atoms with E-state index in [0.717, 1.165) is 10.4 Å². The van der Waals surface area contributed by atoms with E-state index in [1.54, 1.807) is 17.4 Å². The summed E-state index contributed by atoms with van der Waals surface area (Å²) in [5.74, 6) is -0.539. The predicted octanol–water partition coefficient (Wildman–Crippen LogP) is 3.69. The van der Waals surface area contributed by atoms with E-state index in [9.17, 15) is 19.7 Å². The van der Waals surface area contributed by atoms with Crippen LogP contribution in [-0.4, -0.2) is 29.9 Å². The zero-order valence-electron chi connectivity index (χ0n) is 15.0. The van der Waals surface area contributed by atoms with Crippen LogP contribution >= 0.6 is 11.3 Å². The van der Waals surface area contributed by atoms with Gasteiger partial charge < -0.3 is 10.1 Å².